The van der Waals surface area contributed by atoms with E-state index in [1.807, 2.05) is 6.07 Å². The zero-order chi connectivity index (χ0) is 13.5. The Bertz CT molecular complexity index is 426. The van der Waals surface area contributed by atoms with Crippen molar-refractivity contribution in [1.82, 2.24) is 5.32 Å². The highest BCUT2D eigenvalue weighted by Gasteiger charge is 2.16. The lowest BCUT2D eigenvalue weighted by atomic mass is 10.0. The lowest BCUT2D eigenvalue weighted by Gasteiger charge is -2.22. The molecule has 2 nitrogen and oxygen atoms in total. The Kier molecular flexibility index (Phi) is 6.52. The monoisotopic (exact) mass is 284 g/mol. The molecular formula is C14H18Cl2N2. The predicted octanol–water partition coefficient (Wildman–Crippen LogP) is 3.38. The molecule has 18 heavy (non-hydrogen) atoms. The van der Waals surface area contributed by atoms with E-state index in [1.54, 1.807) is 12.1 Å². The van der Waals surface area contributed by atoms with Gasteiger partial charge in [-0.05, 0) is 30.2 Å². The summed E-state index contributed by atoms with van der Waals surface area (Å²) in [6.45, 7) is 2.51. The van der Waals surface area contributed by atoms with E-state index in [1.165, 1.54) is 0 Å². The van der Waals surface area contributed by atoms with Crippen LogP contribution in [0.3, 0.4) is 0 Å². The van der Waals surface area contributed by atoms with Crippen molar-refractivity contribution in [2.75, 3.05) is 6.54 Å². The maximum absolute atomic E-state index is 6.17. The Morgan fingerprint density at radius 3 is 2.72 bits per heavy atom. The second-order valence-corrected chi connectivity index (χ2v) is 4.97. The van der Waals surface area contributed by atoms with E-state index in [9.17, 15) is 0 Å². The molecule has 0 aliphatic carbocycles. The van der Waals surface area contributed by atoms with Crippen LogP contribution in [0, 0.1) is 12.3 Å². The fourth-order valence-corrected chi connectivity index (χ4v) is 2.24. The number of rotatable bonds is 6. The van der Waals surface area contributed by atoms with Gasteiger partial charge < -0.3 is 5.73 Å². The minimum absolute atomic E-state index is 0.00130. The van der Waals surface area contributed by atoms with Crippen LogP contribution >= 0.6 is 23.2 Å². The van der Waals surface area contributed by atoms with E-state index in [-0.39, 0.29) is 12.1 Å². The third-order valence-electron chi connectivity index (χ3n) is 2.75. The van der Waals surface area contributed by atoms with Crippen LogP contribution in [-0.4, -0.2) is 12.6 Å². The summed E-state index contributed by atoms with van der Waals surface area (Å²) in [5, 5.41) is 4.62. The minimum atomic E-state index is -0.0798. The van der Waals surface area contributed by atoms with Crippen molar-refractivity contribution in [3.05, 3.63) is 33.8 Å². The van der Waals surface area contributed by atoms with E-state index in [2.05, 4.69) is 18.2 Å². The van der Waals surface area contributed by atoms with Crippen LogP contribution in [0.4, 0.5) is 0 Å². The van der Waals surface area contributed by atoms with Crippen molar-refractivity contribution < 1.29 is 0 Å². The van der Waals surface area contributed by atoms with Gasteiger partial charge in [-0.2, -0.15) is 0 Å². The Hall–Kier alpha value is -0.720. The third kappa shape index (κ3) is 4.19. The molecule has 2 unspecified atom stereocenters. The van der Waals surface area contributed by atoms with Gasteiger partial charge in [-0.3, -0.25) is 5.32 Å². The molecule has 0 spiro atoms. The van der Waals surface area contributed by atoms with E-state index < -0.39 is 0 Å². The average Bonchev–Trinajstić information content (AvgIpc) is 2.37. The first kappa shape index (κ1) is 15.3. The van der Waals surface area contributed by atoms with Gasteiger partial charge in [0.1, 0.15) is 0 Å². The van der Waals surface area contributed by atoms with Crippen molar-refractivity contribution in [2.45, 2.75) is 31.8 Å². The summed E-state index contributed by atoms with van der Waals surface area (Å²) >= 11 is 12.1. The van der Waals surface area contributed by atoms with Gasteiger partial charge in [0.15, 0.2) is 0 Å². The average molecular weight is 285 g/mol. The largest absolute Gasteiger partial charge is 0.329 e. The Labute approximate surface area is 119 Å². The van der Waals surface area contributed by atoms with Crippen molar-refractivity contribution in [2.24, 2.45) is 5.73 Å². The van der Waals surface area contributed by atoms with Gasteiger partial charge in [-0.25, -0.2) is 0 Å². The number of hydrogen-bond donors (Lipinski definition) is 2. The molecule has 0 fully saturated rings. The lowest BCUT2D eigenvalue weighted by Crippen LogP contribution is -2.36. The van der Waals surface area contributed by atoms with E-state index in [4.69, 9.17) is 35.4 Å². The summed E-state index contributed by atoms with van der Waals surface area (Å²) in [4.78, 5) is 0. The van der Waals surface area contributed by atoms with Crippen LogP contribution in [0.15, 0.2) is 18.2 Å². The molecule has 0 saturated heterocycles. The number of nitrogens with one attached hydrogen (secondary N) is 1. The van der Waals surface area contributed by atoms with Crippen molar-refractivity contribution in [1.29, 1.82) is 0 Å². The van der Waals surface area contributed by atoms with Gasteiger partial charge in [0, 0.05) is 22.6 Å². The van der Waals surface area contributed by atoms with E-state index in [0.717, 1.165) is 18.4 Å². The molecule has 0 aromatic heterocycles. The van der Waals surface area contributed by atoms with Gasteiger partial charge in [0.25, 0.3) is 0 Å². The number of benzene rings is 1. The summed E-state index contributed by atoms with van der Waals surface area (Å²) in [6, 6.07) is 5.27. The fourth-order valence-electron chi connectivity index (χ4n) is 1.81. The maximum atomic E-state index is 6.17. The third-order valence-corrected chi connectivity index (χ3v) is 3.33. The molecule has 0 heterocycles. The molecule has 1 aromatic rings. The topological polar surface area (TPSA) is 38.0 Å². The summed E-state index contributed by atoms with van der Waals surface area (Å²) in [5.41, 5.74) is 6.68. The first-order valence-electron chi connectivity index (χ1n) is 5.99. The molecule has 3 N–H and O–H groups in total. The highest BCUT2D eigenvalue weighted by atomic mass is 35.5. The van der Waals surface area contributed by atoms with Crippen LogP contribution in [0.5, 0.6) is 0 Å². The van der Waals surface area contributed by atoms with Crippen LogP contribution in [0.2, 0.25) is 10.0 Å². The standard InChI is InChI=1S/C14H18Cl2N2/c1-3-5-11(4-2)18-14(9-17)12-8-10(15)6-7-13(12)16/h2,6-8,11,14,18H,3,5,9,17H2,1H3. The quantitative estimate of drug-likeness (QED) is 0.786. The molecule has 2 atom stereocenters. The highest BCUT2D eigenvalue weighted by molar-refractivity contribution is 6.33. The highest BCUT2D eigenvalue weighted by Crippen LogP contribution is 2.26. The van der Waals surface area contributed by atoms with Gasteiger partial charge >= 0.3 is 0 Å². The second-order valence-electron chi connectivity index (χ2n) is 4.13. The number of halogens is 2. The molecule has 0 aliphatic rings. The van der Waals surface area contributed by atoms with Crippen LogP contribution in [-0.2, 0) is 0 Å². The van der Waals surface area contributed by atoms with Crippen molar-refractivity contribution >= 4 is 23.2 Å². The molecule has 4 heteroatoms. The van der Waals surface area contributed by atoms with Crippen LogP contribution in [0.25, 0.3) is 0 Å². The first-order valence-corrected chi connectivity index (χ1v) is 6.75. The second kappa shape index (κ2) is 7.66. The lowest BCUT2D eigenvalue weighted by molar-refractivity contribution is 0.475. The molecule has 98 valence electrons. The van der Waals surface area contributed by atoms with Gasteiger partial charge in [-0.1, -0.05) is 42.5 Å². The molecule has 0 bridgehead atoms. The zero-order valence-corrected chi connectivity index (χ0v) is 11.9. The summed E-state index contributed by atoms with van der Waals surface area (Å²) in [5.74, 6) is 2.73. The zero-order valence-electron chi connectivity index (χ0n) is 10.4. The minimum Gasteiger partial charge on any atom is -0.329 e. The SMILES string of the molecule is C#CC(CCC)NC(CN)c1cc(Cl)ccc1Cl. The van der Waals surface area contributed by atoms with E-state index in [0.29, 0.717) is 16.6 Å². The molecular weight excluding hydrogens is 267 g/mol. The van der Waals surface area contributed by atoms with Gasteiger partial charge in [0.2, 0.25) is 0 Å². The van der Waals surface area contributed by atoms with Gasteiger partial charge in [0.05, 0.1) is 6.04 Å². The number of terminal acetylenes is 1. The summed E-state index contributed by atoms with van der Waals surface area (Å²) < 4.78 is 0. The summed E-state index contributed by atoms with van der Waals surface area (Å²) in [6.07, 6.45) is 7.42. The first-order chi connectivity index (χ1) is 8.62. The normalized spacial score (nSPS) is 13.9. The molecule has 0 saturated carbocycles. The van der Waals surface area contributed by atoms with Gasteiger partial charge in [-0.15, -0.1) is 6.42 Å². The number of nitrogens with two attached hydrogens (primary N) is 1. The van der Waals surface area contributed by atoms with Crippen molar-refractivity contribution in [3.63, 3.8) is 0 Å². The molecule has 1 rings (SSSR count). The van der Waals surface area contributed by atoms with Crippen LogP contribution < -0.4 is 11.1 Å². The Balaban J connectivity index is 2.89. The molecule has 0 aliphatic heterocycles. The molecule has 1 aromatic carbocycles. The molecule has 0 radical (unpaired) electrons. The maximum Gasteiger partial charge on any atom is 0.0692 e. The molecule has 0 amide bonds. The van der Waals surface area contributed by atoms with Crippen molar-refractivity contribution in [3.8, 4) is 12.3 Å². The predicted molar refractivity (Wildman–Crippen MR) is 78.9 cm³/mol. The van der Waals surface area contributed by atoms with E-state index >= 15 is 0 Å². The fraction of sp³-hybridized carbons (Fsp3) is 0.429. The summed E-state index contributed by atoms with van der Waals surface area (Å²) in [7, 11) is 0. The smallest absolute Gasteiger partial charge is 0.0692 e. The Morgan fingerprint density at radius 2 is 2.17 bits per heavy atom. The van der Waals surface area contributed by atoms with Crippen LogP contribution in [0.1, 0.15) is 31.4 Å². The number of hydrogen-bond acceptors (Lipinski definition) is 2. The Morgan fingerprint density at radius 1 is 1.44 bits per heavy atom.